The van der Waals surface area contributed by atoms with Crippen molar-refractivity contribution in [3.8, 4) is 0 Å². The van der Waals surface area contributed by atoms with Crippen molar-refractivity contribution in [1.82, 2.24) is 9.29 Å². The highest BCUT2D eigenvalue weighted by atomic mass is 32.2. The standard InChI is InChI=1S/C10H11N3O2S/c1-16(15)13-5-10(6-13)7-2-3-11-4-8(7)12-9(10)14/h2-4H,5-6H2,1H3,(H,12,14). The van der Waals surface area contributed by atoms with Crippen LogP contribution in [0.3, 0.4) is 0 Å². The minimum absolute atomic E-state index is 0.00259. The predicted octanol–water partition coefficient (Wildman–Crippen LogP) is -0.119. The molecule has 1 spiro atoms. The lowest BCUT2D eigenvalue weighted by Gasteiger charge is -2.43. The van der Waals surface area contributed by atoms with E-state index in [4.69, 9.17) is 0 Å². The summed E-state index contributed by atoms with van der Waals surface area (Å²) in [6, 6.07) is 1.86. The summed E-state index contributed by atoms with van der Waals surface area (Å²) in [4.78, 5) is 15.9. The Morgan fingerprint density at radius 3 is 3.06 bits per heavy atom. The highest BCUT2D eigenvalue weighted by Gasteiger charge is 2.58. The number of amides is 1. The summed E-state index contributed by atoms with van der Waals surface area (Å²) in [5, 5.41) is 2.82. The number of pyridine rings is 1. The molecule has 1 atom stereocenters. The summed E-state index contributed by atoms with van der Waals surface area (Å²) >= 11 is -1.000. The molecule has 1 aromatic heterocycles. The molecule has 3 heterocycles. The number of anilines is 1. The predicted molar refractivity (Wildman–Crippen MR) is 60.2 cm³/mol. The topological polar surface area (TPSA) is 68.3 Å². The van der Waals surface area contributed by atoms with Gasteiger partial charge in [-0.25, -0.2) is 0 Å². The number of aromatic nitrogens is 1. The van der Waals surface area contributed by atoms with Gasteiger partial charge in [0.25, 0.3) is 0 Å². The van der Waals surface area contributed by atoms with Crippen molar-refractivity contribution in [2.75, 3.05) is 24.7 Å². The van der Waals surface area contributed by atoms with Crippen molar-refractivity contribution in [1.29, 1.82) is 0 Å². The summed E-state index contributed by atoms with van der Waals surface area (Å²) < 4.78 is 13.1. The molecule has 2 aliphatic rings. The molecule has 1 fully saturated rings. The zero-order valence-corrected chi connectivity index (χ0v) is 9.58. The van der Waals surface area contributed by atoms with Gasteiger partial charge in [-0.1, -0.05) is 0 Å². The second kappa shape index (κ2) is 3.19. The van der Waals surface area contributed by atoms with Gasteiger partial charge in [0.2, 0.25) is 5.91 Å². The van der Waals surface area contributed by atoms with Gasteiger partial charge in [-0.2, -0.15) is 0 Å². The molecule has 0 saturated carbocycles. The van der Waals surface area contributed by atoms with Crippen LogP contribution in [0.4, 0.5) is 5.69 Å². The number of carbonyl (C=O) groups excluding carboxylic acids is 1. The number of fused-ring (bicyclic) bond motifs is 2. The molecule has 0 radical (unpaired) electrons. The van der Waals surface area contributed by atoms with Gasteiger partial charge < -0.3 is 9.87 Å². The first-order valence-corrected chi connectivity index (χ1v) is 6.49. The monoisotopic (exact) mass is 237 g/mol. The van der Waals surface area contributed by atoms with Crippen molar-refractivity contribution >= 4 is 23.0 Å². The fourth-order valence-electron chi connectivity index (χ4n) is 2.33. The summed E-state index contributed by atoms with van der Waals surface area (Å²) in [5.41, 5.74) is 1.27. The Bertz CT molecular complexity index is 457. The zero-order chi connectivity index (χ0) is 11.3. The van der Waals surface area contributed by atoms with E-state index in [1.54, 1.807) is 23.0 Å². The first-order chi connectivity index (χ1) is 7.63. The largest absolute Gasteiger partial charge is 0.598 e. The molecule has 3 rings (SSSR count). The van der Waals surface area contributed by atoms with Crippen molar-refractivity contribution in [2.24, 2.45) is 0 Å². The van der Waals surface area contributed by atoms with Gasteiger partial charge in [-0.05, 0) is 11.6 Å². The molecule has 0 bridgehead atoms. The van der Waals surface area contributed by atoms with E-state index < -0.39 is 16.8 Å². The zero-order valence-electron chi connectivity index (χ0n) is 8.77. The second-order valence-electron chi connectivity index (χ2n) is 4.18. The Labute approximate surface area is 96.2 Å². The molecule has 1 amide bonds. The minimum atomic E-state index is -1.000. The molecule has 1 N–H and O–H groups in total. The maximum absolute atomic E-state index is 11.9. The molecule has 0 aromatic carbocycles. The third kappa shape index (κ3) is 1.15. The van der Waals surface area contributed by atoms with Crippen molar-refractivity contribution < 1.29 is 9.35 Å². The fraction of sp³-hybridized carbons (Fsp3) is 0.400. The Kier molecular flexibility index (Phi) is 2.01. The highest BCUT2D eigenvalue weighted by Crippen LogP contribution is 2.44. The highest BCUT2D eigenvalue weighted by molar-refractivity contribution is 7.88. The molecule has 5 nitrogen and oxygen atoms in total. The molecule has 1 aromatic rings. The number of rotatable bonds is 1. The van der Waals surface area contributed by atoms with Crippen LogP contribution in [0.1, 0.15) is 5.56 Å². The lowest BCUT2D eigenvalue weighted by molar-refractivity contribution is -0.124. The van der Waals surface area contributed by atoms with E-state index in [0.717, 1.165) is 11.3 Å². The van der Waals surface area contributed by atoms with E-state index >= 15 is 0 Å². The smallest absolute Gasteiger partial charge is 0.238 e. The van der Waals surface area contributed by atoms with Crippen LogP contribution in [0.15, 0.2) is 18.5 Å². The Morgan fingerprint density at radius 2 is 2.38 bits per heavy atom. The van der Waals surface area contributed by atoms with Crippen molar-refractivity contribution in [3.63, 3.8) is 0 Å². The van der Waals surface area contributed by atoms with E-state index in [0.29, 0.717) is 13.1 Å². The van der Waals surface area contributed by atoms with Gasteiger partial charge in [0.05, 0.1) is 25.0 Å². The SMILES string of the molecule is C[S+]([O-])N1CC2(C1)C(=O)Nc1cnccc12. The number of carbonyl (C=O) groups is 1. The van der Waals surface area contributed by atoms with Crippen LogP contribution in [0.5, 0.6) is 0 Å². The van der Waals surface area contributed by atoms with Crippen molar-refractivity contribution in [2.45, 2.75) is 5.41 Å². The van der Waals surface area contributed by atoms with Crippen LogP contribution < -0.4 is 5.32 Å². The summed E-state index contributed by atoms with van der Waals surface area (Å²) in [5.74, 6) is -0.00259. The van der Waals surface area contributed by atoms with Crippen LogP contribution in [0, 0.1) is 0 Å². The average molecular weight is 237 g/mol. The van der Waals surface area contributed by atoms with Crippen LogP contribution in [0.25, 0.3) is 0 Å². The van der Waals surface area contributed by atoms with Gasteiger partial charge in [0.15, 0.2) is 0 Å². The second-order valence-corrected chi connectivity index (χ2v) is 5.54. The summed E-state index contributed by atoms with van der Waals surface area (Å²) in [6.07, 6.45) is 4.98. The Morgan fingerprint density at radius 1 is 1.62 bits per heavy atom. The molecule has 0 aliphatic carbocycles. The number of hydrogen-bond acceptors (Lipinski definition) is 4. The average Bonchev–Trinajstić information content (AvgIpc) is 2.47. The normalized spacial score (nSPS) is 23.8. The van der Waals surface area contributed by atoms with E-state index in [-0.39, 0.29) is 5.91 Å². The van der Waals surface area contributed by atoms with Crippen LogP contribution in [-0.4, -0.2) is 39.1 Å². The van der Waals surface area contributed by atoms with Gasteiger partial charge in [-0.15, -0.1) is 4.31 Å². The minimum Gasteiger partial charge on any atom is -0.598 e. The van der Waals surface area contributed by atoms with Crippen molar-refractivity contribution in [3.05, 3.63) is 24.0 Å². The van der Waals surface area contributed by atoms with Gasteiger partial charge in [-0.3, -0.25) is 9.78 Å². The summed E-state index contributed by atoms with van der Waals surface area (Å²) in [7, 11) is 0. The molecule has 1 saturated heterocycles. The Balaban J connectivity index is 1.96. The van der Waals surface area contributed by atoms with E-state index in [1.165, 1.54) is 0 Å². The molecule has 1 unspecified atom stereocenters. The third-order valence-corrected chi connectivity index (χ3v) is 4.26. The number of nitrogens with zero attached hydrogens (tertiary/aromatic N) is 2. The van der Waals surface area contributed by atoms with Gasteiger partial charge >= 0.3 is 0 Å². The van der Waals surface area contributed by atoms with E-state index in [1.807, 2.05) is 6.07 Å². The molecule has 16 heavy (non-hydrogen) atoms. The summed E-state index contributed by atoms with van der Waals surface area (Å²) in [6.45, 7) is 1.05. The molecule has 84 valence electrons. The van der Waals surface area contributed by atoms with Gasteiger partial charge in [0.1, 0.15) is 11.7 Å². The van der Waals surface area contributed by atoms with Gasteiger partial charge in [0, 0.05) is 17.6 Å². The lowest BCUT2D eigenvalue weighted by atomic mass is 9.76. The maximum Gasteiger partial charge on any atom is 0.238 e. The number of hydrogen-bond donors (Lipinski definition) is 1. The molecule has 2 aliphatic heterocycles. The van der Waals surface area contributed by atoms with Crippen LogP contribution in [0.2, 0.25) is 0 Å². The first kappa shape index (κ1) is 10.1. The lowest BCUT2D eigenvalue weighted by Crippen LogP contribution is -2.63. The molecular formula is C10H11N3O2S. The van der Waals surface area contributed by atoms with E-state index in [2.05, 4.69) is 10.3 Å². The molecular weight excluding hydrogens is 226 g/mol. The Hall–Kier alpha value is -1.11. The molecule has 6 heteroatoms. The van der Waals surface area contributed by atoms with Crippen LogP contribution in [-0.2, 0) is 21.6 Å². The van der Waals surface area contributed by atoms with Crippen LogP contribution >= 0.6 is 0 Å². The quantitative estimate of drug-likeness (QED) is 0.691. The fourth-order valence-corrected chi connectivity index (χ4v) is 3.13. The maximum atomic E-state index is 11.9. The number of nitrogens with one attached hydrogen (secondary N) is 1. The van der Waals surface area contributed by atoms with E-state index in [9.17, 15) is 9.35 Å². The third-order valence-electron chi connectivity index (χ3n) is 3.28. The first-order valence-electron chi connectivity index (χ1n) is 4.98.